The number of rotatable bonds is 8. The molecule has 4 nitrogen and oxygen atoms in total. The first-order chi connectivity index (χ1) is 12.5. The molecular weight excluding hydrogens is 331 g/mol. The highest BCUT2D eigenvalue weighted by molar-refractivity contribution is 5.93. The molecule has 2 aromatic rings. The number of hydrogen-bond donors (Lipinski definition) is 1. The maximum Gasteiger partial charge on any atom is 0.357 e. The Morgan fingerprint density at radius 3 is 2.42 bits per heavy atom. The lowest BCUT2D eigenvalue weighted by molar-refractivity contribution is -0.140. The highest BCUT2D eigenvalue weighted by Crippen LogP contribution is 2.24. The quantitative estimate of drug-likeness (QED) is 0.564. The van der Waals surface area contributed by atoms with Gasteiger partial charge in [-0.15, -0.1) is 0 Å². The summed E-state index contributed by atoms with van der Waals surface area (Å²) in [5.41, 5.74) is 7.91. The van der Waals surface area contributed by atoms with Crippen LogP contribution in [-0.4, -0.2) is 13.0 Å². The normalized spacial score (nSPS) is 11.7. The molecule has 5 heteroatoms. The summed E-state index contributed by atoms with van der Waals surface area (Å²) in [6, 6.07) is 15.7. The predicted molar refractivity (Wildman–Crippen MR) is 102 cm³/mol. The minimum atomic E-state index is -0.562. The Balaban J connectivity index is 2.25. The minimum Gasteiger partial charge on any atom is -0.456 e. The van der Waals surface area contributed by atoms with Gasteiger partial charge in [-0.05, 0) is 30.5 Å². The SMILES string of the molecule is CCCC/C(N)=C(/C(=O)OCc1ccccc1)N(C)c1ccccc1F. The maximum absolute atomic E-state index is 14.2. The predicted octanol–water partition coefficient (Wildman–Crippen LogP) is 4.37. The highest BCUT2D eigenvalue weighted by Gasteiger charge is 2.23. The number of nitrogens with two attached hydrogens (primary N) is 1. The van der Waals surface area contributed by atoms with Gasteiger partial charge in [-0.2, -0.15) is 0 Å². The molecule has 2 N–H and O–H groups in total. The number of nitrogens with zero attached hydrogens (tertiary/aromatic N) is 1. The van der Waals surface area contributed by atoms with E-state index >= 15 is 0 Å². The van der Waals surface area contributed by atoms with E-state index in [1.807, 2.05) is 37.3 Å². The Bertz CT molecular complexity index is 760. The Kier molecular flexibility index (Phi) is 7.21. The second-order valence-corrected chi connectivity index (χ2v) is 6.05. The topological polar surface area (TPSA) is 55.6 Å². The minimum absolute atomic E-state index is 0.134. The monoisotopic (exact) mass is 356 g/mol. The molecule has 2 rings (SSSR count). The van der Waals surface area contributed by atoms with Crippen molar-refractivity contribution in [1.82, 2.24) is 0 Å². The Hall–Kier alpha value is -2.82. The zero-order chi connectivity index (χ0) is 18.9. The van der Waals surface area contributed by atoms with Gasteiger partial charge in [-0.25, -0.2) is 9.18 Å². The summed E-state index contributed by atoms with van der Waals surface area (Å²) in [6.07, 6.45) is 2.33. The third kappa shape index (κ3) is 5.09. The van der Waals surface area contributed by atoms with E-state index in [0.29, 0.717) is 12.1 Å². The van der Waals surface area contributed by atoms with Gasteiger partial charge in [0.15, 0.2) is 0 Å². The molecule has 0 heterocycles. The van der Waals surface area contributed by atoms with Crippen LogP contribution < -0.4 is 10.6 Å². The van der Waals surface area contributed by atoms with E-state index in [1.54, 1.807) is 25.2 Å². The Morgan fingerprint density at radius 2 is 1.77 bits per heavy atom. The van der Waals surface area contributed by atoms with Crippen LogP contribution in [0, 0.1) is 5.82 Å². The average Bonchev–Trinajstić information content (AvgIpc) is 2.66. The lowest BCUT2D eigenvalue weighted by Crippen LogP contribution is -2.29. The van der Waals surface area contributed by atoms with Crippen molar-refractivity contribution in [3.8, 4) is 0 Å². The zero-order valence-corrected chi connectivity index (χ0v) is 15.2. The fourth-order valence-corrected chi connectivity index (χ4v) is 2.60. The van der Waals surface area contributed by atoms with Gasteiger partial charge in [-0.1, -0.05) is 55.8 Å². The molecule has 0 bridgehead atoms. The number of unbranched alkanes of at least 4 members (excludes halogenated alkanes) is 1. The standard InChI is InChI=1S/C21H25FN2O2/c1-3-4-13-18(23)20(24(2)19-14-9-8-12-17(19)22)21(25)26-15-16-10-6-5-7-11-16/h5-12,14H,3-4,13,15,23H2,1-2H3/b20-18+. The molecule has 0 amide bonds. The van der Waals surface area contributed by atoms with E-state index in [0.717, 1.165) is 18.4 Å². The fraction of sp³-hybridized carbons (Fsp3) is 0.286. The van der Waals surface area contributed by atoms with Crippen molar-refractivity contribution in [3.05, 3.63) is 77.4 Å². The zero-order valence-electron chi connectivity index (χ0n) is 15.2. The molecule has 0 saturated heterocycles. The Morgan fingerprint density at radius 1 is 1.12 bits per heavy atom. The van der Waals surface area contributed by atoms with Crippen LogP contribution in [0.2, 0.25) is 0 Å². The summed E-state index contributed by atoms with van der Waals surface area (Å²) in [7, 11) is 1.62. The van der Waals surface area contributed by atoms with Crippen LogP contribution in [0.25, 0.3) is 0 Å². The van der Waals surface area contributed by atoms with Crippen molar-refractivity contribution in [2.75, 3.05) is 11.9 Å². The number of anilines is 1. The lowest BCUT2D eigenvalue weighted by Gasteiger charge is -2.24. The number of halogens is 1. The molecule has 0 aromatic heterocycles. The largest absolute Gasteiger partial charge is 0.456 e. The second-order valence-electron chi connectivity index (χ2n) is 6.05. The molecule has 0 aliphatic carbocycles. The van der Waals surface area contributed by atoms with Gasteiger partial charge in [0.05, 0.1) is 5.69 Å². The van der Waals surface area contributed by atoms with Crippen molar-refractivity contribution in [2.24, 2.45) is 5.73 Å². The van der Waals surface area contributed by atoms with Crippen LogP contribution in [0.15, 0.2) is 66.0 Å². The lowest BCUT2D eigenvalue weighted by atomic mass is 10.1. The van der Waals surface area contributed by atoms with E-state index in [4.69, 9.17) is 10.5 Å². The summed E-state index contributed by atoms with van der Waals surface area (Å²) < 4.78 is 19.6. The molecule has 0 saturated carbocycles. The molecule has 0 spiro atoms. The van der Waals surface area contributed by atoms with Gasteiger partial charge < -0.3 is 15.4 Å². The van der Waals surface area contributed by atoms with E-state index < -0.39 is 11.8 Å². The van der Waals surface area contributed by atoms with Crippen molar-refractivity contribution in [1.29, 1.82) is 0 Å². The van der Waals surface area contributed by atoms with Gasteiger partial charge >= 0.3 is 5.97 Å². The first kappa shape index (κ1) is 19.5. The fourth-order valence-electron chi connectivity index (χ4n) is 2.60. The van der Waals surface area contributed by atoms with E-state index in [9.17, 15) is 9.18 Å². The van der Waals surface area contributed by atoms with Crippen molar-refractivity contribution in [3.63, 3.8) is 0 Å². The molecule has 0 atom stereocenters. The number of ether oxygens (including phenoxy) is 1. The molecular formula is C21H25FN2O2. The summed E-state index contributed by atoms with van der Waals surface area (Å²) in [4.78, 5) is 14.2. The second kappa shape index (κ2) is 9.61. The first-order valence-corrected chi connectivity index (χ1v) is 8.72. The molecule has 0 radical (unpaired) electrons. The average molecular weight is 356 g/mol. The van der Waals surface area contributed by atoms with Gasteiger partial charge in [0.2, 0.25) is 0 Å². The number of allylic oxidation sites excluding steroid dienone is 1. The summed E-state index contributed by atoms with van der Waals surface area (Å²) >= 11 is 0. The summed E-state index contributed by atoms with van der Waals surface area (Å²) in [6.45, 7) is 2.18. The number of likely N-dealkylation sites (N-methyl/N-ethyl adjacent to an activating group) is 1. The Labute approximate surface area is 154 Å². The van der Waals surface area contributed by atoms with Gasteiger partial charge in [0.1, 0.15) is 18.1 Å². The van der Waals surface area contributed by atoms with Gasteiger partial charge in [-0.3, -0.25) is 0 Å². The van der Waals surface area contributed by atoms with Crippen LogP contribution in [-0.2, 0) is 16.1 Å². The maximum atomic E-state index is 14.2. The highest BCUT2D eigenvalue weighted by atomic mass is 19.1. The van der Waals surface area contributed by atoms with Crippen molar-refractivity contribution in [2.45, 2.75) is 32.8 Å². The molecule has 2 aromatic carbocycles. The van der Waals surface area contributed by atoms with E-state index in [2.05, 4.69) is 0 Å². The van der Waals surface area contributed by atoms with Crippen LogP contribution in [0.1, 0.15) is 31.7 Å². The summed E-state index contributed by atoms with van der Waals surface area (Å²) in [5.74, 6) is -0.986. The summed E-state index contributed by atoms with van der Waals surface area (Å²) in [5, 5.41) is 0. The number of hydrogen-bond acceptors (Lipinski definition) is 4. The number of benzene rings is 2. The number of esters is 1. The smallest absolute Gasteiger partial charge is 0.357 e. The number of carbonyl (C=O) groups is 1. The molecule has 0 unspecified atom stereocenters. The first-order valence-electron chi connectivity index (χ1n) is 8.72. The van der Waals surface area contributed by atoms with Crippen molar-refractivity contribution >= 4 is 11.7 Å². The van der Waals surface area contributed by atoms with Crippen LogP contribution in [0.5, 0.6) is 0 Å². The van der Waals surface area contributed by atoms with Gasteiger partial charge in [0, 0.05) is 12.7 Å². The van der Waals surface area contributed by atoms with Crippen LogP contribution in [0.4, 0.5) is 10.1 Å². The molecule has 26 heavy (non-hydrogen) atoms. The van der Waals surface area contributed by atoms with E-state index in [1.165, 1.54) is 11.0 Å². The molecule has 0 aliphatic rings. The van der Waals surface area contributed by atoms with Crippen LogP contribution in [0.3, 0.4) is 0 Å². The van der Waals surface area contributed by atoms with E-state index in [-0.39, 0.29) is 18.0 Å². The van der Waals surface area contributed by atoms with Gasteiger partial charge in [0.25, 0.3) is 0 Å². The number of carbonyl (C=O) groups excluding carboxylic acids is 1. The molecule has 138 valence electrons. The molecule has 0 aliphatic heterocycles. The number of para-hydroxylation sites is 1. The molecule has 0 fully saturated rings. The third-order valence-corrected chi connectivity index (χ3v) is 4.06. The van der Waals surface area contributed by atoms with Crippen LogP contribution >= 0.6 is 0 Å². The third-order valence-electron chi connectivity index (χ3n) is 4.06. The van der Waals surface area contributed by atoms with Crippen molar-refractivity contribution < 1.29 is 13.9 Å².